The molecule has 0 heterocycles. The van der Waals surface area contributed by atoms with Crippen LogP contribution in [0.4, 0.5) is 4.39 Å². The fraction of sp³-hybridized carbons (Fsp3) is 0.500. The second-order valence-electron chi connectivity index (χ2n) is 6.19. The highest BCUT2D eigenvalue weighted by Gasteiger charge is 2.27. The van der Waals surface area contributed by atoms with Crippen LogP contribution in [0.15, 0.2) is 26.6 Å². The van der Waals surface area contributed by atoms with Crippen molar-refractivity contribution in [2.75, 3.05) is 0 Å². The van der Waals surface area contributed by atoms with Crippen molar-refractivity contribution < 1.29 is 18.7 Å². The molecule has 0 spiro atoms. The van der Waals surface area contributed by atoms with Crippen LogP contribution in [0.5, 0.6) is 0 Å². The molecule has 0 N–H and O–H groups in total. The molecule has 6 nitrogen and oxygen atoms in total. The Morgan fingerprint density at radius 3 is 2.60 bits per heavy atom. The van der Waals surface area contributed by atoms with Gasteiger partial charge in [0, 0.05) is 14.3 Å². The summed E-state index contributed by atoms with van der Waals surface area (Å²) >= 11 is 4.40. The summed E-state index contributed by atoms with van der Waals surface area (Å²) in [6.45, 7) is 7.28. The van der Waals surface area contributed by atoms with Crippen LogP contribution in [-0.2, 0) is 9.53 Å². The maximum Gasteiger partial charge on any atom is 0.319 e. The third-order valence-corrected chi connectivity index (χ3v) is 5.10. The van der Waals surface area contributed by atoms with Gasteiger partial charge in [0.15, 0.2) is 0 Å². The number of carbonyl (C=O) groups is 2. The Hall–Kier alpha value is -1.57. The molecule has 0 saturated heterocycles. The zero-order chi connectivity index (χ0) is 19.2. The molecule has 1 unspecified atom stereocenters. The average Bonchev–Trinajstić information content (AvgIpc) is 2.47. The van der Waals surface area contributed by atoms with Crippen LogP contribution in [-0.4, -0.2) is 22.7 Å². The van der Waals surface area contributed by atoms with Gasteiger partial charge in [-0.3, -0.25) is 9.59 Å². The van der Waals surface area contributed by atoms with E-state index in [0.29, 0.717) is 15.8 Å². The summed E-state index contributed by atoms with van der Waals surface area (Å²) in [5, 5.41) is 2.40. The Kier molecular flexibility index (Phi) is 7.92. The van der Waals surface area contributed by atoms with Crippen molar-refractivity contribution in [1.29, 1.82) is 0 Å². The quantitative estimate of drug-likeness (QED) is 0.191. The third kappa shape index (κ3) is 6.68. The SMILES string of the molecule is CCCC(Sc1cc(C(=O)N=[N+]=[N-])c(F)cc1Br)C(=O)OC(C)(C)C. The number of amides is 1. The predicted molar refractivity (Wildman–Crippen MR) is 98.0 cm³/mol. The normalized spacial score (nSPS) is 12.2. The van der Waals surface area contributed by atoms with E-state index in [1.807, 2.05) is 6.92 Å². The van der Waals surface area contributed by atoms with Gasteiger partial charge in [0.2, 0.25) is 0 Å². The number of benzene rings is 1. The number of nitrogens with zero attached hydrogens (tertiary/aromatic N) is 3. The molecule has 1 rings (SSSR count). The average molecular weight is 432 g/mol. The van der Waals surface area contributed by atoms with Crippen LogP contribution in [0.2, 0.25) is 0 Å². The van der Waals surface area contributed by atoms with Crippen LogP contribution in [0.25, 0.3) is 10.4 Å². The van der Waals surface area contributed by atoms with E-state index in [9.17, 15) is 14.0 Å². The van der Waals surface area contributed by atoms with E-state index < -0.39 is 22.6 Å². The van der Waals surface area contributed by atoms with Crippen molar-refractivity contribution in [2.24, 2.45) is 5.11 Å². The maximum atomic E-state index is 13.9. The number of hydrogen-bond donors (Lipinski definition) is 0. The van der Waals surface area contributed by atoms with Crippen LogP contribution >= 0.6 is 27.7 Å². The standard InChI is InChI=1S/C16H19BrFN3O3S/c1-5-6-12(15(23)24-16(2,3)4)25-13-7-9(14(22)20-21-19)11(18)8-10(13)17/h7-8,12H,5-6H2,1-4H3. The molecule has 0 aromatic heterocycles. The molecule has 0 aliphatic heterocycles. The van der Waals surface area contributed by atoms with Gasteiger partial charge in [-0.05, 0) is 65.9 Å². The highest BCUT2D eigenvalue weighted by atomic mass is 79.9. The number of azide groups is 1. The van der Waals surface area contributed by atoms with E-state index in [1.165, 1.54) is 17.8 Å². The van der Waals surface area contributed by atoms with Gasteiger partial charge in [-0.15, -0.1) is 11.8 Å². The zero-order valence-corrected chi connectivity index (χ0v) is 16.8. The third-order valence-electron chi connectivity index (χ3n) is 2.88. The van der Waals surface area contributed by atoms with Crippen molar-refractivity contribution >= 4 is 39.6 Å². The smallest absolute Gasteiger partial charge is 0.319 e. The summed E-state index contributed by atoms with van der Waals surface area (Å²) in [5.41, 5.74) is 7.39. The van der Waals surface area contributed by atoms with Crippen LogP contribution in [0.3, 0.4) is 0 Å². The van der Waals surface area contributed by atoms with Gasteiger partial charge in [0.1, 0.15) is 16.7 Å². The molecule has 0 radical (unpaired) electrons. The Bertz CT molecular complexity index is 715. The van der Waals surface area contributed by atoms with Gasteiger partial charge < -0.3 is 4.74 Å². The lowest BCUT2D eigenvalue weighted by Gasteiger charge is -2.24. The lowest BCUT2D eigenvalue weighted by molar-refractivity contribution is -0.154. The lowest BCUT2D eigenvalue weighted by atomic mass is 10.2. The summed E-state index contributed by atoms with van der Waals surface area (Å²) in [6.07, 6.45) is 1.31. The Morgan fingerprint density at radius 1 is 1.44 bits per heavy atom. The predicted octanol–water partition coefficient (Wildman–Crippen LogP) is 5.64. The van der Waals surface area contributed by atoms with Crippen LogP contribution < -0.4 is 0 Å². The zero-order valence-electron chi connectivity index (χ0n) is 14.4. The monoisotopic (exact) mass is 431 g/mol. The minimum Gasteiger partial charge on any atom is -0.459 e. The first-order chi connectivity index (χ1) is 11.6. The van der Waals surface area contributed by atoms with E-state index in [1.54, 1.807) is 20.8 Å². The fourth-order valence-corrected chi connectivity index (χ4v) is 3.64. The lowest BCUT2D eigenvalue weighted by Crippen LogP contribution is -2.30. The van der Waals surface area contributed by atoms with Gasteiger partial charge >= 0.3 is 5.97 Å². The van der Waals surface area contributed by atoms with Crippen LogP contribution in [0.1, 0.15) is 50.9 Å². The molecule has 25 heavy (non-hydrogen) atoms. The van der Waals surface area contributed by atoms with Gasteiger partial charge in [0.25, 0.3) is 5.91 Å². The second-order valence-corrected chi connectivity index (χ2v) is 8.28. The van der Waals surface area contributed by atoms with Crippen molar-refractivity contribution in [1.82, 2.24) is 0 Å². The first-order valence-corrected chi connectivity index (χ1v) is 9.24. The Morgan fingerprint density at radius 2 is 2.08 bits per heavy atom. The van der Waals surface area contributed by atoms with E-state index >= 15 is 0 Å². The molecule has 1 atom stereocenters. The highest BCUT2D eigenvalue weighted by molar-refractivity contribution is 9.10. The number of rotatable bonds is 6. The molecule has 0 fully saturated rings. The summed E-state index contributed by atoms with van der Waals surface area (Å²) in [5.74, 6) is -2.20. The number of hydrogen-bond acceptors (Lipinski definition) is 4. The molecule has 0 saturated carbocycles. The fourth-order valence-electron chi connectivity index (χ4n) is 1.89. The molecule has 0 aliphatic rings. The van der Waals surface area contributed by atoms with E-state index in [4.69, 9.17) is 10.3 Å². The minimum absolute atomic E-state index is 0.345. The Labute approximate surface area is 158 Å². The molecule has 1 aromatic rings. The summed E-state index contributed by atoms with van der Waals surface area (Å²) in [4.78, 5) is 26.9. The number of carbonyl (C=O) groups excluding carboxylic acids is 2. The minimum atomic E-state index is -1.02. The first-order valence-electron chi connectivity index (χ1n) is 7.57. The number of thioether (sulfide) groups is 1. The van der Waals surface area contributed by atoms with Gasteiger partial charge in [-0.1, -0.05) is 13.3 Å². The van der Waals surface area contributed by atoms with Crippen molar-refractivity contribution in [2.45, 2.75) is 56.3 Å². The van der Waals surface area contributed by atoms with Crippen molar-refractivity contribution in [3.63, 3.8) is 0 Å². The molecule has 0 aliphatic carbocycles. The molecular weight excluding hydrogens is 413 g/mol. The summed E-state index contributed by atoms with van der Waals surface area (Å²) in [6, 6.07) is 2.38. The summed E-state index contributed by atoms with van der Waals surface area (Å²) in [7, 11) is 0. The van der Waals surface area contributed by atoms with Crippen molar-refractivity contribution in [3.8, 4) is 0 Å². The van der Waals surface area contributed by atoms with Gasteiger partial charge in [-0.2, -0.15) is 0 Å². The molecule has 1 aromatic carbocycles. The van der Waals surface area contributed by atoms with Crippen LogP contribution in [0, 0.1) is 5.82 Å². The molecule has 1 amide bonds. The molecule has 9 heteroatoms. The van der Waals surface area contributed by atoms with Gasteiger partial charge in [0.05, 0.1) is 5.56 Å². The number of ether oxygens (including phenoxy) is 1. The van der Waals surface area contributed by atoms with E-state index in [0.717, 1.165) is 12.5 Å². The second kappa shape index (κ2) is 9.22. The molecule has 136 valence electrons. The Balaban J connectivity index is 3.16. The first kappa shape index (κ1) is 21.5. The molecular formula is C16H19BrFN3O3S. The highest BCUT2D eigenvalue weighted by Crippen LogP contribution is 2.35. The maximum absolute atomic E-state index is 13.9. The topological polar surface area (TPSA) is 92.1 Å². The van der Waals surface area contributed by atoms with E-state index in [2.05, 4.69) is 26.0 Å². The largest absolute Gasteiger partial charge is 0.459 e. The van der Waals surface area contributed by atoms with Crippen molar-refractivity contribution in [3.05, 3.63) is 38.4 Å². The number of esters is 1. The summed E-state index contributed by atoms with van der Waals surface area (Å²) < 4.78 is 19.8. The van der Waals surface area contributed by atoms with E-state index in [-0.39, 0.29) is 11.5 Å². The number of halogens is 2. The van der Waals surface area contributed by atoms with Gasteiger partial charge in [-0.25, -0.2) is 4.39 Å². The molecule has 0 bridgehead atoms.